The number of hydrogen-bond acceptors (Lipinski definition) is 5. The van der Waals surface area contributed by atoms with E-state index in [2.05, 4.69) is 6.92 Å². The molecule has 2 aliphatic heterocycles. The van der Waals surface area contributed by atoms with Crippen molar-refractivity contribution in [3.63, 3.8) is 0 Å². The number of hydrogen-bond donors (Lipinski definition) is 0. The van der Waals surface area contributed by atoms with E-state index < -0.39 is 11.9 Å². The zero-order valence-corrected chi connectivity index (χ0v) is 19.8. The molecule has 6 heteroatoms. The van der Waals surface area contributed by atoms with Crippen LogP contribution in [0.1, 0.15) is 61.8 Å². The molecule has 2 aliphatic rings. The van der Waals surface area contributed by atoms with Gasteiger partial charge in [0.2, 0.25) is 5.79 Å². The van der Waals surface area contributed by atoms with E-state index in [0.29, 0.717) is 29.2 Å². The zero-order chi connectivity index (χ0) is 23.2. The second-order valence-electron chi connectivity index (χ2n) is 9.03. The number of ether oxygens (including phenoxy) is 4. The Morgan fingerprint density at radius 1 is 1.09 bits per heavy atom. The predicted molar refractivity (Wildman–Crippen MR) is 127 cm³/mol. The number of para-hydroxylation sites is 1. The minimum absolute atomic E-state index is 0.101. The largest absolute Gasteiger partial charge is 0.493 e. The molecule has 2 bridgehead atoms. The molecule has 2 aromatic carbocycles. The van der Waals surface area contributed by atoms with Crippen molar-refractivity contribution in [3.05, 3.63) is 63.4 Å². The fourth-order valence-electron chi connectivity index (χ4n) is 5.26. The molecule has 0 saturated carbocycles. The van der Waals surface area contributed by atoms with Gasteiger partial charge in [0.1, 0.15) is 11.9 Å². The van der Waals surface area contributed by atoms with Crippen molar-refractivity contribution < 1.29 is 18.9 Å². The number of fused-ring (bicyclic) bond motifs is 8. The molecule has 0 N–H and O–H groups in total. The Balaban J connectivity index is 1.73. The number of methoxy groups -OCH3 is 2. The van der Waals surface area contributed by atoms with E-state index in [4.69, 9.17) is 18.9 Å². The predicted octanol–water partition coefficient (Wildman–Crippen LogP) is 5.28. The van der Waals surface area contributed by atoms with E-state index >= 15 is 0 Å². The quantitative estimate of drug-likeness (QED) is 0.460. The topological polar surface area (TPSA) is 58.9 Å². The summed E-state index contributed by atoms with van der Waals surface area (Å²) in [5.74, 6) is 1.14. The maximum atomic E-state index is 13.6. The first-order valence-corrected chi connectivity index (χ1v) is 11.7. The van der Waals surface area contributed by atoms with Gasteiger partial charge in [-0.15, -0.1) is 0 Å². The molecule has 3 aromatic rings. The van der Waals surface area contributed by atoms with E-state index in [0.717, 1.165) is 41.3 Å². The summed E-state index contributed by atoms with van der Waals surface area (Å²) in [6, 6.07) is 11.9. The van der Waals surface area contributed by atoms with Crippen molar-refractivity contribution in [3.8, 4) is 17.2 Å². The van der Waals surface area contributed by atoms with Gasteiger partial charge in [0.05, 0.1) is 25.3 Å². The summed E-state index contributed by atoms with van der Waals surface area (Å²) >= 11 is 0. The van der Waals surface area contributed by atoms with Crippen LogP contribution in [0.4, 0.5) is 0 Å². The summed E-state index contributed by atoms with van der Waals surface area (Å²) in [5, 5.41) is 0.935. The maximum Gasteiger partial charge on any atom is 0.260 e. The molecule has 0 radical (unpaired) electrons. The van der Waals surface area contributed by atoms with Crippen LogP contribution in [0, 0.1) is 0 Å². The summed E-state index contributed by atoms with van der Waals surface area (Å²) in [7, 11) is 5.06. The van der Waals surface area contributed by atoms with Crippen molar-refractivity contribution in [2.45, 2.75) is 57.3 Å². The summed E-state index contributed by atoms with van der Waals surface area (Å²) < 4.78 is 26.2. The smallest absolute Gasteiger partial charge is 0.260 e. The Morgan fingerprint density at radius 2 is 1.85 bits per heavy atom. The average Bonchev–Trinajstić information content (AvgIpc) is 2.84. The van der Waals surface area contributed by atoms with Gasteiger partial charge in [0, 0.05) is 25.3 Å². The highest BCUT2D eigenvalue weighted by molar-refractivity contribution is 5.87. The van der Waals surface area contributed by atoms with Crippen LogP contribution in [0.5, 0.6) is 17.2 Å². The third-order valence-electron chi connectivity index (χ3n) is 6.97. The third kappa shape index (κ3) is 3.48. The van der Waals surface area contributed by atoms with Crippen molar-refractivity contribution in [2.24, 2.45) is 7.05 Å². The van der Waals surface area contributed by atoms with Crippen LogP contribution in [-0.2, 0) is 18.2 Å². The van der Waals surface area contributed by atoms with E-state index in [9.17, 15) is 4.79 Å². The Morgan fingerprint density at radius 3 is 2.61 bits per heavy atom. The molecular formula is C27H31NO5. The monoisotopic (exact) mass is 449 g/mol. The molecule has 0 unspecified atom stereocenters. The van der Waals surface area contributed by atoms with Crippen LogP contribution in [0.2, 0.25) is 0 Å². The fraction of sp³-hybridized carbons (Fsp3) is 0.444. The summed E-state index contributed by atoms with van der Waals surface area (Å²) in [6.45, 7) is 2.20. The Labute approximate surface area is 194 Å². The third-order valence-corrected chi connectivity index (χ3v) is 6.97. The summed E-state index contributed by atoms with van der Waals surface area (Å²) in [6.07, 6.45) is 5.31. The number of aryl methyl sites for hydroxylation is 1. The number of rotatable bonds is 7. The lowest BCUT2D eigenvalue weighted by molar-refractivity contribution is -0.232. The molecule has 0 spiro atoms. The van der Waals surface area contributed by atoms with Crippen LogP contribution in [0.3, 0.4) is 0 Å². The Hall–Kier alpha value is -2.99. The van der Waals surface area contributed by atoms with Gasteiger partial charge in [0.15, 0.2) is 11.5 Å². The molecule has 0 amide bonds. The fourth-order valence-corrected chi connectivity index (χ4v) is 5.26. The van der Waals surface area contributed by atoms with Crippen LogP contribution < -0.4 is 19.8 Å². The van der Waals surface area contributed by atoms with Gasteiger partial charge in [-0.05, 0) is 41.8 Å². The van der Waals surface area contributed by atoms with E-state index in [1.54, 1.807) is 25.8 Å². The van der Waals surface area contributed by atoms with E-state index in [1.807, 2.05) is 36.4 Å². The normalized spacial score (nSPS) is 20.7. The van der Waals surface area contributed by atoms with E-state index in [1.165, 1.54) is 12.8 Å². The molecule has 0 fully saturated rings. The lowest BCUT2D eigenvalue weighted by atomic mass is 9.84. The van der Waals surface area contributed by atoms with Crippen LogP contribution in [0.15, 0.2) is 41.2 Å². The van der Waals surface area contributed by atoms with Gasteiger partial charge in [-0.2, -0.15) is 0 Å². The van der Waals surface area contributed by atoms with Gasteiger partial charge in [-0.3, -0.25) is 4.79 Å². The first-order valence-electron chi connectivity index (χ1n) is 11.7. The highest BCUT2D eigenvalue weighted by Gasteiger charge is 2.49. The summed E-state index contributed by atoms with van der Waals surface area (Å²) in [5.41, 5.74) is 3.31. The molecule has 0 aliphatic carbocycles. The maximum absolute atomic E-state index is 13.6. The van der Waals surface area contributed by atoms with Gasteiger partial charge in [-0.1, -0.05) is 38.3 Å². The number of pyridine rings is 1. The van der Waals surface area contributed by atoms with Crippen molar-refractivity contribution in [1.29, 1.82) is 0 Å². The molecule has 33 heavy (non-hydrogen) atoms. The molecule has 1 aromatic heterocycles. The standard InChI is InChI=1S/C27H31NO5/c1-5-6-7-10-13-27-16-17-14-21(30-3)22(31-4)15-19(17)25(33-27)23-24(32-27)18-11-8-9-12-20(18)28(2)26(23)29/h8-9,11-12,14-15,25H,5-7,10,13,16H2,1-4H3/t25-,27-/m1/s1. The van der Waals surface area contributed by atoms with Crippen molar-refractivity contribution >= 4 is 10.9 Å². The minimum atomic E-state index is -0.812. The van der Waals surface area contributed by atoms with Crippen LogP contribution >= 0.6 is 0 Å². The number of unbranched alkanes of at least 4 members (excludes halogenated alkanes) is 3. The SMILES string of the molecule is CCCCCC[C@]12Cc3cc(OC)c(OC)cc3[C@@H](O1)c1c(c3ccccc3n(C)c1=O)O2. The first-order chi connectivity index (χ1) is 16.0. The molecule has 2 atom stereocenters. The van der Waals surface area contributed by atoms with Crippen molar-refractivity contribution in [1.82, 2.24) is 4.57 Å². The lowest BCUT2D eigenvalue weighted by Crippen LogP contribution is -2.50. The molecule has 3 heterocycles. The first kappa shape index (κ1) is 21.8. The Bertz CT molecular complexity index is 1260. The molecule has 174 valence electrons. The van der Waals surface area contributed by atoms with Gasteiger partial charge in [-0.25, -0.2) is 0 Å². The molecular weight excluding hydrogens is 418 g/mol. The molecule has 6 nitrogen and oxygen atoms in total. The number of nitrogens with zero attached hydrogens (tertiary/aromatic N) is 1. The van der Waals surface area contributed by atoms with Crippen LogP contribution in [-0.4, -0.2) is 24.6 Å². The minimum Gasteiger partial charge on any atom is -0.493 e. The van der Waals surface area contributed by atoms with Gasteiger partial charge >= 0.3 is 0 Å². The van der Waals surface area contributed by atoms with Crippen LogP contribution in [0.25, 0.3) is 10.9 Å². The Kier molecular flexibility index (Phi) is 5.57. The zero-order valence-electron chi connectivity index (χ0n) is 19.8. The van der Waals surface area contributed by atoms with E-state index in [-0.39, 0.29) is 5.56 Å². The number of aromatic nitrogens is 1. The molecule has 0 saturated heterocycles. The highest BCUT2D eigenvalue weighted by atomic mass is 16.7. The second-order valence-corrected chi connectivity index (χ2v) is 9.03. The highest BCUT2D eigenvalue weighted by Crippen LogP contribution is 2.52. The number of benzene rings is 2. The molecule has 5 rings (SSSR count). The average molecular weight is 450 g/mol. The van der Waals surface area contributed by atoms with Gasteiger partial charge < -0.3 is 23.5 Å². The second kappa shape index (κ2) is 8.41. The van der Waals surface area contributed by atoms with Gasteiger partial charge in [0.25, 0.3) is 5.56 Å². The summed E-state index contributed by atoms with van der Waals surface area (Å²) in [4.78, 5) is 13.6. The lowest BCUT2D eigenvalue weighted by Gasteiger charge is -2.47. The van der Waals surface area contributed by atoms with Crippen molar-refractivity contribution in [2.75, 3.05) is 14.2 Å².